The van der Waals surface area contributed by atoms with Crippen LogP contribution in [0, 0.1) is 12.7 Å². The number of rotatable bonds is 3. The molecule has 23 heavy (non-hydrogen) atoms. The van der Waals surface area contributed by atoms with Crippen LogP contribution < -0.4 is 0 Å². The lowest BCUT2D eigenvalue weighted by molar-refractivity contribution is 0.0627. The molecule has 0 unspecified atom stereocenters. The second kappa shape index (κ2) is 6.68. The van der Waals surface area contributed by atoms with E-state index in [2.05, 4.69) is 15.1 Å². The van der Waals surface area contributed by atoms with Crippen molar-refractivity contribution in [3.8, 4) is 0 Å². The Kier molecular flexibility index (Phi) is 4.63. The molecule has 1 amide bonds. The number of halogens is 2. The number of hydrogen-bond donors (Lipinski definition) is 1. The van der Waals surface area contributed by atoms with E-state index in [0.717, 1.165) is 30.9 Å². The molecule has 7 heteroatoms. The number of H-pyrrole nitrogens is 1. The number of nitrogens with one attached hydrogen (secondary N) is 1. The van der Waals surface area contributed by atoms with Gasteiger partial charge in [-0.15, -0.1) is 0 Å². The predicted octanol–water partition coefficient (Wildman–Crippen LogP) is 2.47. The number of carbonyl (C=O) groups is 1. The van der Waals surface area contributed by atoms with Crippen LogP contribution in [0.5, 0.6) is 0 Å². The zero-order chi connectivity index (χ0) is 16.4. The number of hydrogen-bond acceptors (Lipinski definition) is 3. The van der Waals surface area contributed by atoms with Crippen molar-refractivity contribution < 1.29 is 9.18 Å². The Morgan fingerprint density at radius 1 is 1.35 bits per heavy atom. The van der Waals surface area contributed by atoms with E-state index in [0.29, 0.717) is 18.7 Å². The summed E-state index contributed by atoms with van der Waals surface area (Å²) in [5.41, 5.74) is 2.60. The van der Waals surface area contributed by atoms with Gasteiger partial charge in [-0.2, -0.15) is 5.10 Å². The Morgan fingerprint density at radius 3 is 2.70 bits per heavy atom. The minimum Gasteiger partial charge on any atom is -0.336 e. The molecule has 0 spiro atoms. The fourth-order valence-corrected chi connectivity index (χ4v) is 2.95. The molecule has 1 fully saturated rings. The molecule has 5 nitrogen and oxygen atoms in total. The van der Waals surface area contributed by atoms with Crippen LogP contribution in [0.2, 0.25) is 5.02 Å². The van der Waals surface area contributed by atoms with Gasteiger partial charge in [0.2, 0.25) is 0 Å². The first kappa shape index (κ1) is 16.0. The van der Waals surface area contributed by atoms with Crippen LogP contribution in [0.3, 0.4) is 0 Å². The molecule has 1 aliphatic heterocycles. The summed E-state index contributed by atoms with van der Waals surface area (Å²) >= 11 is 5.98. The average molecular weight is 337 g/mol. The zero-order valence-electron chi connectivity index (χ0n) is 12.9. The van der Waals surface area contributed by atoms with Crippen LogP contribution in [0.15, 0.2) is 24.4 Å². The predicted molar refractivity (Wildman–Crippen MR) is 85.9 cm³/mol. The number of aryl methyl sites for hydroxylation is 1. The molecule has 2 heterocycles. The quantitative estimate of drug-likeness (QED) is 0.936. The molecule has 3 rings (SSSR count). The number of aromatic amines is 1. The van der Waals surface area contributed by atoms with E-state index in [1.54, 1.807) is 4.90 Å². The average Bonchev–Trinajstić information content (AvgIpc) is 2.93. The Hall–Kier alpha value is -1.92. The van der Waals surface area contributed by atoms with Crippen molar-refractivity contribution in [3.63, 3.8) is 0 Å². The number of benzene rings is 1. The van der Waals surface area contributed by atoms with Crippen molar-refractivity contribution in [3.05, 3.63) is 52.1 Å². The molecule has 1 aliphatic rings. The first-order valence-corrected chi connectivity index (χ1v) is 7.88. The first-order chi connectivity index (χ1) is 11.0. The number of carbonyl (C=O) groups excluding carboxylic acids is 1. The normalized spacial score (nSPS) is 15.9. The molecule has 1 aromatic heterocycles. The third kappa shape index (κ3) is 3.54. The van der Waals surface area contributed by atoms with E-state index < -0.39 is 5.82 Å². The zero-order valence-corrected chi connectivity index (χ0v) is 13.6. The highest BCUT2D eigenvalue weighted by atomic mass is 35.5. The van der Waals surface area contributed by atoms with Gasteiger partial charge in [-0.3, -0.25) is 14.8 Å². The van der Waals surface area contributed by atoms with Crippen molar-refractivity contribution >= 4 is 17.5 Å². The molecule has 0 aliphatic carbocycles. The van der Waals surface area contributed by atoms with E-state index in [-0.39, 0.29) is 10.9 Å². The highest BCUT2D eigenvalue weighted by Crippen LogP contribution is 2.20. The van der Waals surface area contributed by atoms with Crippen LogP contribution in [0.4, 0.5) is 4.39 Å². The highest BCUT2D eigenvalue weighted by Gasteiger charge is 2.24. The summed E-state index contributed by atoms with van der Waals surface area (Å²) in [5, 5.41) is 7.18. The molecule has 1 N–H and O–H groups in total. The summed E-state index contributed by atoms with van der Waals surface area (Å²) < 4.78 is 13.1. The van der Waals surface area contributed by atoms with E-state index >= 15 is 0 Å². The standard InChI is InChI=1S/C16H18ClFN4O/c1-11-9-19-20-15(11)10-21-4-6-22(7-5-21)16(23)13-3-2-12(18)8-14(13)17/h2-3,8-9H,4-7,10H2,1H3,(H,19,20). The summed E-state index contributed by atoms with van der Waals surface area (Å²) in [6.45, 7) is 5.63. The van der Waals surface area contributed by atoms with Gasteiger partial charge < -0.3 is 4.90 Å². The summed E-state index contributed by atoms with van der Waals surface area (Å²) in [7, 11) is 0. The van der Waals surface area contributed by atoms with E-state index in [1.807, 2.05) is 13.1 Å². The van der Waals surface area contributed by atoms with Gasteiger partial charge in [0, 0.05) is 32.7 Å². The number of aromatic nitrogens is 2. The van der Waals surface area contributed by atoms with Gasteiger partial charge >= 0.3 is 0 Å². The lowest BCUT2D eigenvalue weighted by Gasteiger charge is -2.34. The number of piperazine rings is 1. The number of amides is 1. The minimum atomic E-state index is -0.439. The van der Waals surface area contributed by atoms with E-state index in [1.165, 1.54) is 18.2 Å². The summed E-state index contributed by atoms with van der Waals surface area (Å²) in [5.74, 6) is -0.585. The van der Waals surface area contributed by atoms with Crippen LogP contribution in [-0.4, -0.2) is 52.1 Å². The molecular formula is C16H18ClFN4O. The SMILES string of the molecule is Cc1cn[nH]c1CN1CCN(C(=O)c2ccc(F)cc2Cl)CC1. The Balaban J connectivity index is 1.60. The van der Waals surface area contributed by atoms with Crippen molar-refractivity contribution in [1.82, 2.24) is 20.0 Å². The van der Waals surface area contributed by atoms with Gasteiger partial charge in [-0.1, -0.05) is 11.6 Å². The monoisotopic (exact) mass is 336 g/mol. The van der Waals surface area contributed by atoms with Crippen LogP contribution in [-0.2, 0) is 6.54 Å². The Bertz CT molecular complexity index is 710. The summed E-state index contributed by atoms with van der Waals surface area (Å²) in [4.78, 5) is 16.5. The third-order valence-corrected chi connectivity index (χ3v) is 4.45. The van der Waals surface area contributed by atoms with Gasteiger partial charge in [-0.25, -0.2) is 4.39 Å². The summed E-state index contributed by atoms with van der Waals surface area (Å²) in [6, 6.07) is 3.88. The lowest BCUT2D eigenvalue weighted by atomic mass is 10.1. The van der Waals surface area contributed by atoms with Gasteiger partial charge in [0.15, 0.2) is 0 Å². The van der Waals surface area contributed by atoms with Crippen molar-refractivity contribution in [2.24, 2.45) is 0 Å². The van der Waals surface area contributed by atoms with Gasteiger partial charge in [-0.05, 0) is 30.7 Å². The minimum absolute atomic E-state index is 0.146. The maximum atomic E-state index is 13.1. The number of nitrogens with zero attached hydrogens (tertiary/aromatic N) is 3. The molecule has 2 aromatic rings. The fourth-order valence-electron chi connectivity index (χ4n) is 2.70. The van der Waals surface area contributed by atoms with Crippen LogP contribution >= 0.6 is 11.6 Å². The molecule has 0 bridgehead atoms. The Morgan fingerprint density at radius 2 is 2.09 bits per heavy atom. The second-order valence-corrected chi connectivity index (χ2v) is 6.13. The maximum absolute atomic E-state index is 13.1. The maximum Gasteiger partial charge on any atom is 0.255 e. The smallest absolute Gasteiger partial charge is 0.255 e. The lowest BCUT2D eigenvalue weighted by Crippen LogP contribution is -2.48. The Labute approximate surface area is 139 Å². The first-order valence-electron chi connectivity index (χ1n) is 7.50. The van der Waals surface area contributed by atoms with Gasteiger partial charge in [0.25, 0.3) is 5.91 Å². The topological polar surface area (TPSA) is 52.2 Å². The van der Waals surface area contributed by atoms with E-state index in [4.69, 9.17) is 11.6 Å². The second-order valence-electron chi connectivity index (χ2n) is 5.72. The molecule has 0 radical (unpaired) electrons. The third-order valence-electron chi connectivity index (χ3n) is 4.14. The van der Waals surface area contributed by atoms with Crippen molar-refractivity contribution in [2.45, 2.75) is 13.5 Å². The summed E-state index contributed by atoms with van der Waals surface area (Å²) in [6.07, 6.45) is 1.81. The van der Waals surface area contributed by atoms with Crippen LogP contribution in [0.25, 0.3) is 0 Å². The van der Waals surface area contributed by atoms with Crippen molar-refractivity contribution in [1.29, 1.82) is 0 Å². The molecular weight excluding hydrogens is 319 g/mol. The molecule has 0 atom stereocenters. The van der Waals surface area contributed by atoms with Crippen LogP contribution in [0.1, 0.15) is 21.6 Å². The largest absolute Gasteiger partial charge is 0.336 e. The highest BCUT2D eigenvalue weighted by molar-refractivity contribution is 6.33. The molecule has 0 saturated carbocycles. The molecule has 1 aromatic carbocycles. The molecule has 122 valence electrons. The molecule has 1 saturated heterocycles. The fraction of sp³-hybridized carbons (Fsp3) is 0.375. The van der Waals surface area contributed by atoms with Crippen molar-refractivity contribution in [2.75, 3.05) is 26.2 Å². The van der Waals surface area contributed by atoms with E-state index in [9.17, 15) is 9.18 Å². The van der Waals surface area contributed by atoms with Gasteiger partial charge in [0.1, 0.15) is 5.82 Å². The van der Waals surface area contributed by atoms with Gasteiger partial charge in [0.05, 0.1) is 22.5 Å².